The van der Waals surface area contributed by atoms with Gasteiger partial charge in [0, 0.05) is 6.04 Å². The second kappa shape index (κ2) is 2.46. The third kappa shape index (κ3) is 1.57. The van der Waals surface area contributed by atoms with Gasteiger partial charge in [-0.1, -0.05) is 20.8 Å². The van der Waals surface area contributed by atoms with E-state index < -0.39 is 5.60 Å². The lowest BCUT2D eigenvalue weighted by Crippen LogP contribution is -2.58. The van der Waals surface area contributed by atoms with Crippen molar-refractivity contribution in [1.82, 2.24) is 0 Å². The van der Waals surface area contributed by atoms with Crippen molar-refractivity contribution in [2.24, 2.45) is 11.1 Å². The highest BCUT2D eigenvalue weighted by Crippen LogP contribution is 2.39. The van der Waals surface area contributed by atoms with Crippen molar-refractivity contribution >= 4 is 0 Å². The van der Waals surface area contributed by atoms with E-state index in [1.54, 1.807) is 0 Å². The summed E-state index contributed by atoms with van der Waals surface area (Å²) in [6.45, 7) is 6.23. The van der Waals surface area contributed by atoms with E-state index in [4.69, 9.17) is 5.73 Å². The molecule has 66 valence electrons. The molecule has 0 aromatic rings. The SMILES string of the molecule is CC(C)(C)C(N)C1(O)CCC1. The zero-order chi connectivity index (χ0) is 8.70. The predicted molar refractivity (Wildman–Crippen MR) is 46.2 cm³/mol. The first-order valence-electron chi connectivity index (χ1n) is 4.34. The Hall–Kier alpha value is -0.0800. The molecule has 0 amide bonds. The smallest absolute Gasteiger partial charge is 0.0803 e. The van der Waals surface area contributed by atoms with Crippen LogP contribution in [0, 0.1) is 5.41 Å². The van der Waals surface area contributed by atoms with Gasteiger partial charge in [0.25, 0.3) is 0 Å². The Morgan fingerprint density at radius 1 is 1.36 bits per heavy atom. The summed E-state index contributed by atoms with van der Waals surface area (Å²) in [5.41, 5.74) is 5.41. The molecule has 0 radical (unpaired) electrons. The molecule has 0 heterocycles. The molecule has 0 aliphatic heterocycles. The Labute approximate surface area is 68.8 Å². The maximum absolute atomic E-state index is 9.89. The summed E-state index contributed by atoms with van der Waals surface area (Å²) >= 11 is 0. The van der Waals surface area contributed by atoms with Crippen LogP contribution >= 0.6 is 0 Å². The van der Waals surface area contributed by atoms with Crippen LogP contribution in [0.2, 0.25) is 0 Å². The highest BCUT2D eigenvalue weighted by atomic mass is 16.3. The number of hydrogen-bond acceptors (Lipinski definition) is 2. The summed E-state index contributed by atoms with van der Waals surface area (Å²) in [4.78, 5) is 0. The largest absolute Gasteiger partial charge is 0.388 e. The minimum Gasteiger partial charge on any atom is -0.388 e. The van der Waals surface area contributed by atoms with Gasteiger partial charge in [0.05, 0.1) is 5.60 Å². The van der Waals surface area contributed by atoms with Gasteiger partial charge in [-0.05, 0) is 24.7 Å². The molecule has 11 heavy (non-hydrogen) atoms. The van der Waals surface area contributed by atoms with Crippen molar-refractivity contribution in [3.63, 3.8) is 0 Å². The second-order valence-electron chi connectivity index (χ2n) is 4.80. The maximum atomic E-state index is 9.89. The van der Waals surface area contributed by atoms with E-state index in [0.29, 0.717) is 0 Å². The van der Waals surface area contributed by atoms with Crippen LogP contribution < -0.4 is 5.73 Å². The zero-order valence-corrected chi connectivity index (χ0v) is 7.72. The predicted octanol–water partition coefficient (Wildman–Crippen LogP) is 1.27. The van der Waals surface area contributed by atoms with Gasteiger partial charge in [-0.25, -0.2) is 0 Å². The molecule has 1 atom stereocenters. The first-order chi connectivity index (χ1) is 4.86. The third-order valence-corrected chi connectivity index (χ3v) is 2.73. The fourth-order valence-electron chi connectivity index (χ4n) is 1.66. The van der Waals surface area contributed by atoms with E-state index in [2.05, 4.69) is 20.8 Å². The third-order valence-electron chi connectivity index (χ3n) is 2.73. The van der Waals surface area contributed by atoms with Gasteiger partial charge in [0.15, 0.2) is 0 Å². The van der Waals surface area contributed by atoms with Gasteiger partial charge in [-0.2, -0.15) is 0 Å². The Bertz CT molecular complexity index is 144. The Kier molecular flexibility index (Phi) is 2.01. The zero-order valence-electron chi connectivity index (χ0n) is 7.72. The van der Waals surface area contributed by atoms with Gasteiger partial charge in [-0.3, -0.25) is 0 Å². The molecule has 0 aromatic carbocycles. The van der Waals surface area contributed by atoms with Gasteiger partial charge < -0.3 is 10.8 Å². The molecular formula is C9H19NO. The Morgan fingerprint density at radius 3 is 1.91 bits per heavy atom. The van der Waals surface area contributed by atoms with E-state index in [1.165, 1.54) is 0 Å². The van der Waals surface area contributed by atoms with Crippen LogP contribution in [0.3, 0.4) is 0 Å². The first-order valence-corrected chi connectivity index (χ1v) is 4.34. The van der Waals surface area contributed by atoms with E-state index in [1.807, 2.05) is 0 Å². The Balaban J connectivity index is 2.60. The topological polar surface area (TPSA) is 46.2 Å². The molecule has 1 saturated carbocycles. The minimum absolute atomic E-state index is 0.0230. The van der Waals surface area contributed by atoms with Crippen LogP contribution in [0.1, 0.15) is 40.0 Å². The quantitative estimate of drug-likeness (QED) is 0.602. The summed E-state index contributed by atoms with van der Waals surface area (Å²) in [5, 5.41) is 9.89. The molecule has 1 fully saturated rings. The molecule has 1 rings (SSSR count). The van der Waals surface area contributed by atoms with Crippen molar-refractivity contribution in [3.8, 4) is 0 Å². The van der Waals surface area contributed by atoms with Crippen LogP contribution in [0.5, 0.6) is 0 Å². The van der Waals surface area contributed by atoms with Crippen molar-refractivity contribution in [3.05, 3.63) is 0 Å². The monoisotopic (exact) mass is 157 g/mol. The normalized spacial score (nSPS) is 25.9. The minimum atomic E-state index is -0.557. The molecule has 0 aromatic heterocycles. The van der Waals surface area contributed by atoms with Crippen LogP contribution in [-0.4, -0.2) is 16.7 Å². The summed E-state index contributed by atoms with van der Waals surface area (Å²) in [6.07, 6.45) is 2.89. The Morgan fingerprint density at radius 2 is 1.82 bits per heavy atom. The van der Waals surface area contributed by atoms with Crippen molar-refractivity contribution in [1.29, 1.82) is 0 Å². The van der Waals surface area contributed by atoms with Crippen LogP contribution in [-0.2, 0) is 0 Å². The number of rotatable bonds is 1. The maximum Gasteiger partial charge on any atom is 0.0803 e. The number of hydrogen-bond donors (Lipinski definition) is 2. The number of nitrogens with two attached hydrogens (primary N) is 1. The summed E-state index contributed by atoms with van der Waals surface area (Å²) < 4.78 is 0. The molecule has 2 nitrogen and oxygen atoms in total. The summed E-state index contributed by atoms with van der Waals surface area (Å²) in [5.74, 6) is 0. The first kappa shape index (κ1) is 9.01. The average molecular weight is 157 g/mol. The van der Waals surface area contributed by atoms with Gasteiger partial charge in [0.2, 0.25) is 0 Å². The molecule has 3 N–H and O–H groups in total. The molecular weight excluding hydrogens is 138 g/mol. The summed E-state index contributed by atoms with van der Waals surface area (Å²) in [6, 6.07) is -0.0799. The van der Waals surface area contributed by atoms with Crippen LogP contribution in [0.25, 0.3) is 0 Å². The lowest BCUT2D eigenvalue weighted by molar-refractivity contribution is -0.0810. The van der Waals surface area contributed by atoms with Crippen molar-refractivity contribution < 1.29 is 5.11 Å². The lowest BCUT2D eigenvalue weighted by Gasteiger charge is -2.47. The van der Waals surface area contributed by atoms with Crippen LogP contribution in [0.15, 0.2) is 0 Å². The van der Waals surface area contributed by atoms with E-state index >= 15 is 0 Å². The summed E-state index contributed by atoms with van der Waals surface area (Å²) in [7, 11) is 0. The molecule has 2 heteroatoms. The number of aliphatic hydroxyl groups is 1. The van der Waals surface area contributed by atoms with E-state index in [-0.39, 0.29) is 11.5 Å². The highest BCUT2D eigenvalue weighted by Gasteiger charge is 2.45. The fraction of sp³-hybridized carbons (Fsp3) is 1.00. The highest BCUT2D eigenvalue weighted by molar-refractivity contribution is 5.01. The second-order valence-corrected chi connectivity index (χ2v) is 4.80. The average Bonchev–Trinajstić information content (AvgIpc) is 1.79. The van der Waals surface area contributed by atoms with Gasteiger partial charge >= 0.3 is 0 Å². The molecule has 0 spiro atoms. The van der Waals surface area contributed by atoms with E-state index in [0.717, 1.165) is 19.3 Å². The van der Waals surface area contributed by atoms with Crippen LogP contribution in [0.4, 0.5) is 0 Å². The molecule has 0 bridgehead atoms. The van der Waals surface area contributed by atoms with Crippen molar-refractivity contribution in [2.75, 3.05) is 0 Å². The van der Waals surface area contributed by atoms with Gasteiger partial charge in [0.1, 0.15) is 0 Å². The molecule has 1 unspecified atom stereocenters. The van der Waals surface area contributed by atoms with Gasteiger partial charge in [-0.15, -0.1) is 0 Å². The molecule has 1 aliphatic rings. The molecule has 0 saturated heterocycles. The fourth-order valence-corrected chi connectivity index (χ4v) is 1.66. The molecule has 1 aliphatic carbocycles. The standard InChI is InChI=1S/C9H19NO/c1-8(2,3)7(10)9(11)5-4-6-9/h7,11H,4-6,10H2,1-3H3. The lowest BCUT2D eigenvalue weighted by atomic mass is 9.67. The van der Waals surface area contributed by atoms with Crippen molar-refractivity contribution in [2.45, 2.75) is 51.7 Å². The van der Waals surface area contributed by atoms with E-state index in [9.17, 15) is 5.11 Å².